The van der Waals surface area contributed by atoms with E-state index < -0.39 is 5.54 Å². The Bertz CT molecular complexity index is 383. The molecule has 0 spiro atoms. The summed E-state index contributed by atoms with van der Waals surface area (Å²) in [7, 11) is 0. The number of nitrogens with two attached hydrogens (primary N) is 1. The van der Waals surface area contributed by atoms with Crippen LogP contribution in [0.3, 0.4) is 0 Å². The third-order valence-electron chi connectivity index (χ3n) is 3.07. The van der Waals surface area contributed by atoms with Gasteiger partial charge in [-0.1, -0.05) is 36.6 Å². The summed E-state index contributed by atoms with van der Waals surface area (Å²) in [5.74, 6) is -0.00870. The van der Waals surface area contributed by atoms with Crippen LogP contribution in [0, 0.1) is 0 Å². The zero-order chi connectivity index (χ0) is 10.9. The van der Waals surface area contributed by atoms with Gasteiger partial charge in [0.05, 0.1) is 10.6 Å². The van der Waals surface area contributed by atoms with Crippen molar-refractivity contribution in [1.29, 1.82) is 0 Å². The van der Waals surface area contributed by atoms with Crippen LogP contribution in [0.2, 0.25) is 5.02 Å². The summed E-state index contributed by atoms with van der Waals surface area (Å²) in [6.07, 6.45) is 3.62. The number of halogens is 1. The lowest BCUT2D eigenvalue weighted by Crippen LogP contribution is -2.45. The van der Waals surface area contributed by atoms with Crippen LogP contribution in [0.25, 0.3) is 0 Å². The Balaban J connectivity index is 2.32. The maximum Gasteiger partial charge on any atom is 0.184 e. The number of Topliss-reactive ketones (excluding diaryl/α,β-unsaturated/α-hetero) is 1. The minimum atomic E-state index is -0.676. The minimum Gasteiger partial charge on any atom is -0.319 e. The topological polar surface area (TPSA) is 43.1 Å². The van der Waals surface area contributed by atoms with Crippen molar-refractivity contribution in [2.45, 2.75) is 31.2 Å². The molecule has 0 unspecified atom stereocenters. The lowest BCUT2D eigenvalue weighted by atomic mass is 9.89. The van der Waals surface area contributed by atoms with Gasteiger partial charge in [-0.25, -0.2) is 0 Å². The minimum absolute atomic E-state index is 0.00870. The molecule has 2 rings (SSSR count). The molecule has 1 aliphatic carbocycles. The van der Waals surface area contributed by atoms with Gasteiger partial charge in [0, 0.05) is 5.56 Å². The van der Waals surface area contributed by atoms with E-state index in [4.69, 9.17) is 17.3 Å². The molecule has 2 N–H and O–H groups in total. The molecule has 80 valence electrons. The normalized spacial score (nSPS) is 19.1. The highest BCUT2D eigenvalue weighted by atomic mass is 35.5. The van der Waals surface area contributed by atoms with Gasteiger partial charge in [-0.3, -0.25) is 4.79 Å². The van der Waals surface area contributed by atoms with Crippen molar-refractivity contribution in [1.82, 2.24) is 0 Å². The summed E-state index contributed by atoms with van der Waals surface area (Å²) in [5, 5.41) is 0.499. The second-order valence-electron chi connectivity index (χ2n) is 4.17. The molecule has 0 bridgehead atoms. The first kappa shape index (κ1) is 10.7. The van der Waals surface area contributed by atoms with Gasteiger partial charge in [0.25, 0.3) is 0 Å². The molecule has 0 aliphatic heterocycles. The van der Waals surface area contributed by atoms with E-state index in [9.17, 15) is 4.79 Å². The summed E-state index contributed by atoms with van der Waals surface area (Å²) in [4.78, 5) is 12.2. The molecule has 1 aliphatic rings. The van der Waals surface area contributed by atoms with Crippen LogP contribution < -0.4 is 5.73 Å². The molecule has 1 aromatic carbocycles. The van der Waals surface area contributed by atoms with E-state index in [0.717, 1.165) is 25.7 Å². The summed E-state index contributed by atoms with van der Waals surface area (Å²) in [5.41, 5.74) is 5.98. The number of hydrogen-bond acceptors (Lipinski definition) is 2. The molecule has 1 fully saturated rings. The summed E-state index contributed by atoms with van der Waals surface area (Å²) in [6, 6.07) is 7.11. The summed E-state index contributed by atoms with van der Waals surface area (Å²) in [6.45, 7) is 0. The van der Waals surface area contributed by atoms with Gasteiger partial charge in [0.15, 0.2) is 5.78 Å². The van der Waals surface area contributed by atoms with E-state index in [0.29, 0.717) is 10.6 Å². The smallest absolute Gasteiger partial charge is 0.184 e. The second-order valence-corrected chi connectivity index (χ2v) is 4.58. The first-order valence-electron chi connectivity index (χ1n) is 5.22. The predicted molar refractivity (Wildman–Crippen MR) is 61.2 cm³/mol. The van der Waals surface area contributed by atoms with Crippen molar-refractivity contribution in [3.05, 3.63) is 34.9 Å². The van der Waals surface area contributed by atoms with Crippen molar-refractivity contribution in [3.63, 3.8) is 0 Å². The van der Waals surface area contributed by atoms with Gasteiger partial charge >= 0.3 is 0 Å². The maximum atomic E-state index is 12.2. The molecule has 3 heteroatoms. The van der Waals surface area contributed by atoms with Crippen LogP contribution in [-0.4, -0.2) is 11.3 Å². The SMILES string of the molecule is NC1(C(=O)c2ccccc2Cl)CCCC1. The van der Waals surface area contributed by atoms with E-state index in [1.807, 2.05) is 12.1 Å². The number of benzene rings is 1. The lowest BCUT2D eigenvalue weighted by Gasteiger charge is -2.22. The molecular formula is C12H14ClNO. The number of rotatable bonds is 2. The van der Waals surface area contributed by atoms with Gasteiger partial charge in [0.2, 0.25) is 0 Å². The Morgan fingerprint density at radius 3 is 2.47 bits per heavy atom. The van der Waals surface area contributed by atoms with E-state index in [1.54, 1.807) is 12.1 Å². The monoisotopic (exact) mass is 223 g/mol. The van der Waals surface area contributed by atoms with Gasteiger partial charge in [-0.05, 0) is 25.0 Å². The van der Waals surface area contributed by atoms with Crippen LogP contribution in [0.15, 0.2) is 24.3 Å². The van der Waals surface area contributed by atoms with Gasteiger partial charge in [-0.2, -0.15) is 0 Å². The third kappa shape index (κ3) is 1.92. The molecule has 1 saturated carbocycles. The standard InChI is InChI=1S/C12H14ClNO/c13-10-6-2-1-5-9(10)11(15)12(14)7-3-4-8-12/h1-2,5-6H,3-4,7-8,14H2. The fourth-order valence-corrected chi connectivity index (χ4v) is 2.37. The second kappa shape index (κ2) is 3.95. The van der Waals surface area contributed by atoms with Crippen molar-refractivity contribution < 1.29 is 4.79 Å². The van der Waals surface area contributed by atoms with Gasteiger partial charge < -0.3 is 5.73 Å². The molecule has 0 aromatic heterocycles. The van der Waals surface area contributed by atoms with Crippen molar-refractivity contribution in [2.24, 2.45) is 5.73 Å². The Hall–Kier alpha value is -0.860. The molecule has 0 heterocycles. The number of hydrogen-bond donors (Lipinski definition) is 1. The Labute approximate surface area is 94.4 Å². The highest BCUT2D eigenvalue weighted by Crippen LogP contribution is 2.32. The summed E-state index contributed by atoms with van der Waals surface area (Å²) < 4.78 is 0. The Morgan fingerprint density at radius 1 is 1.27 bits per heavy atom. The van der Waals surface area contributed by atoms with E-state index in [-0.39, 0.29) is 5.78 Å². The Morgan fingerprint density at radius 2 is 1.87 bits per heavy atom. The third-order valence-corrected chi connectivity index (χ3v) is 3.40. The first-order valence-corrected chi connectivity index (χ1v) is 5.59. The fraction of sp³-hybridized carbons (Fsp3) is 0.417. The number of carbonyl (C=O) groups excluding carboxylic acids is 1. The van der Waals surface area contributed by atoms with Gasteiger partial charge in [-0.15, -0.1) is 0 Å². The van der Waals surface area contributed by atoms with Crippen LogP contribution >= 0.6 is 11.6 Å². The zero-order valence-electron chi connectivity index (χ0n) is 8.50. The molecular weight excluding hydrogens is 210 g/mol. The highest BCUT2D eigenvalue weighted by molar-refractivity contribution is 6.34. The number of carbonyl (C=O) groups is 1. The van der Waals surface area contributed by atoms with E-state index in [2.05, 4.69) is 0 Å². The fourth-order valence-electron chi connectivity index (χ4n) is 2.15. The molecule has 0 atom stereocenters. The quantitative estimate of drug-likeness (QED) is 0.784. The van der Waals surface area contributed by atoms with Crippen LogP contribution in [0.4, 0.5) is 0 Å². The van der Waals surface area contributed by atoms with Crippen LogP contribution in [0.5, 0.6) is 0 Å². The zero-order valence-corrected chi connectivity index (χ0v) is 9.26. The molecule has 1 aromatic rings. The van der Waals surface area contributed by atoms with Crippen LogP contribution in [0.1, 0.15) is 36.0 Å². The first-order chi connectivity index (χ1) is 7.13. The lowest BCUT2D eigenvalue weighted by molar-refractivity contribution is 0.0892. The number of ketones is 1. The van der Waals surface area contributed by atoms with E-state index >= 15 is 0 Å². The average Bonchev–Trinajstić information content (AvgIpc) is 2.66. The maximum absolute atomic E-state index is 12.2. The predicted octanol–water partition coefficient (Wildman–Crippen LogP) is 2.79. The largest absolute Gasteiger partial charge is 0.319 e. The Kier molecular flexibility index (Phi) is 2.81. The highest BCUT2D eigenvalue weighted by Gasteiger charge is 2.37. The molecule has 0 amide bonds. The summed E-state index contributed by atoms with van der Waals surface area (Å²) >= 11 is 5.98. The van der Waals surface area contributed by atoms with Crippen molar-refractivity contribution in [3.8, 4) is 0 Å². The van der Waals surface area contributed by atoms with Crippen molar-refractivity contribution in [2.75, 3.05) is 0 Å². The molecule has 2 nitrogen and oxygen atoms in total. The van der Waals surface area contributed by atoms with E-state index in [1.165, 1.54) is 0 Å². The average molecular weight is 224 g/mol. The molecule has 0 saturated heterocycles. The van der Waals surface area contributed by atoms with Gasteiger partial charge in [0.1, 0.15) is 0 Å². The molecule has 15 heavy (non-hydrogen) atoms. The van der Waals surface area contributed by atoms with Crippen molar-refractivity contribution >= 4 is 17.4 Å². The molecule has 0 radical (unpaired) electrons. The van der Waals surface area contributed by atoms with Crippen LogP contribution in [-0.2, 0) is 0 Å².